The van der Waals surface area contributed by atoms with E-state index in [1.807, 2.05) is 49.9 Å². The highest BCUT2D eigenvalue weighted by atomic mass is 32.1. The van der Waals surface area contributed by atoms with Gasteiger partial charge in [0.05, 0.1) is 28.0 Å². The summed E-state index contributed by atoms with van der Waals surface area (Å²) >= 11 is 1.55. The lowest BCUT2D eigenvalue weighted by molar-refractivity contribution is 0.0292. The third-order valence-corrected chi connectivity index (χ3v) is 8.17. The molecule has 188 valence electrons. The molecule has 0 saturated carbocycles. The molecule has 1 fully saturated rings. The molecule has 5 rings (SSSR count). The Hall–Kier alpha value is -3.15. The number of ether oxygens (including phenoxy) is 1. The van der Waals surface area contributed by atoms with Crippen LogP contribution in [-0.4, -0.2) is 52.4 Å². The van der Waals surface area contributed by atoms with Crippen LogP contribution in [0.2, 0.25) is 0 Å². The van der Waals surface area contributed by atoms with E-state index in [9.17, 15) is 15.2 Å². The van der Waals surface area contributed by atoms with Crippen molar-refractivity contribution in [3.05, 3.63) is 46.5 Å². The molecule has 2 atom stereocenters. The average molecular weight is 505 g/mol. The summed E-state index contributed by atoms with van der Waals surface area (Å²) in [6, 6.07) is 10.5. The van der Waals surface area contributed by atoms with Crippen LogP contribution in [0.1, 0.15) is 62.6 Å². The van der Waals surface area contributed by atoms with E-state index in [1.165, 1.54) is 5.56 Å². The Morgan fingerprint density at radius 3 is 2.81 bits per heavy atom. The Bertz CT molecular complexity index is 1350. The van der Waals surface area contributed by atoms with Gasteiger partial charge in [-0.25, -0.2) is 4.79 Å². The zero-order valence-electron chi connectivity index (χ0n) is 21.2. The summed E-state index contributed by atoms with van der Waals surface area (Å²) in [5, 5.41) is 20.0. The van der Waals surface area contributed by atoms with Gasteiger partial charge in [0.1, 0.15) is 5.60 Å². The molecule has 0 spiro atoms. The van der Waals surface area contributed by atoms with Gasteiger partial charge in [-0.2, -0.15) is 5.26 Å². The number of aryl methyl sites for hydroxylation is 1. The molecule has 36 heavy (non-hydrogen) atoms. The van der Waals surface area contributed by atoms with Crippen molar-refractivity contribution in [2.75, 3.05) is 24.5 Å². The molecule has 0 radical (unpaired) electrons. The van der Waals surface area contributed by atoms with Crippen molar-refractivity contribution in [2.45, 2.75) is 64.7 Å². The molecule has 0 bridgehead atoms. The maximum absolute atomic E-state index is 12.7. The second-order valence-electron chi connectivity index (χ2n) is 10.7. The molecule has 1 N–H and O–H groups in total. The van der Waals surface area contributed by atoms with Gasteiger partial charge in [0.2, 0.25) is 0 Å². The number of hydrogen-bond acceptors (Lipinski definition) is 7. The monoisotopic (exact) mass is 504 g/mol. The Kier molecular flexibility index (Phi) is 6.39. The van der Waals surface area contributed by atoms with E-state index in [2.05, 4.69) is 16.0 Å². The molecular formula is C28H32N4O3S. The predicted octanol–water partition coefficient (Wildman–Crippen LogP) is 5.65. The first-order valence-electron chi connectivity index (χ1n) is 12.5. The van der Waals surface area contributed by atoms with Crippen molar-refractivity contribution in [3.8, 4) is 17.2 Å². The minimum Gasteiger partial charge on any atom is -0.444 e. The van der Waals surface area contributed by atoms with Crippen LogP contribution in [0.4, 0.5) is 10.5 Å². The van der Waals surface area contributed by atoms with E-state index in [-0.39, 0.29) is 12.1 Å². The van der Waals surface area contributed by atoms with E-state index < -0.39 is 11.7 Å². The SMILES string of the molecule is C[C@@H](O)c1cc2nccc(-c3cc(C#N)cc4c3N(C3CCN(C(=O)OC(C)(C)C)C3)CCC4)c2s1. The van der Waals surface area contributed by atoms with Crippen LogP contribution in [0.5, 0.6) is 0 Å². The minimum atomic E-state index is -0.565. The normalized spacial score (nSPS) is 18.7. The largest absolute Gasteiger partial charge is 0.444 e. The van der Waals surface area contributed by atoms with Gasteiger partial charge < -0.3 is 19.6 Å². The minimum absolute atomic E-state index is 0.178. The summed E-state index contributed by atoms with van der Waals surface area (Å²) in [7, 11) is 0. The van der Waals surface area contributed by atoms with Crippen LogP contribution >= 0.6 is 11.3 Å². The molecular weight excluding hydrogens is 472 g/mol. The number of carbonyl (C=O) groups excluding carboxylic acids is 1. The van der Waals surface area contributed by atoms with Gasteiger partial charge in [-0.1, -0.05) is 0 Å². The fraction of sp³-hybridized carbons (Fsp3) is 0.464. The zero-order valence-corrected chi connectivity index (χ0v) is 22.1. The van der Waals surface area contributed by atoms with Crippen LogP contribution in [0.3, 0.4) is 0 Å². The van der Waals surface area contributed by atoms with Gasteiger partial charge in [0.25, 0.3) is 0 Å². The first-order valence-corrected chi connectivity index (χ1v) is 13.3. The number of aliphatic hydroxyl groups excluding tert-OH is 1. The maximum Gasteiger partial charge on any atom is 0.410 e. The Morgan fingerprint density at radius 1 is 1.28 bits per heavy atom. The van der Waals surface area contributed by atoms with Crippen molar-refractivity contribution in [1.29, 1.82) is 5.26 Å². The number of aliphatic hydroxyl groups is 1. The van der Waals surface area contributed by atoms with E-state index in [0.29, 0.717) is 18.7 Å². The number of amides is 1. The first kappa shape index (κ1) is 24.5. The van der Waals surface area contributed by atoms with Crippen molar-refractivity contribution >= 4 is 33.3 Å². The second kappa shape index (κ2) is 9.38. The van der Waals surface area contributed by atoms with Gasteiger partial charge in [0, 0.05) is 53.6 Å². The number of thiophene rings is 1. The summed E-state index contributed by atoms with van der Waals surface area (Å²) in [4.78, 5) is 22.4. The molecule has 7 nitrogen and oxygen atoms in total. The number of fused-ring (bicyclic) bond motifs is 2. The molecule has 3 aromatic rings. The lowest BCUT2D eigenvalue weighted by Crippen LogP contribution is -2.43. The first-order chi connectivity index (χ1) is 17.1. The average Bonchev–Trinajstić information content (AvgIpc) is 3.49. The van der Waals surface area contributed by atoms with Gasteiger partial charge in [-0.05, 0) is 76.8 Å². The van der Waals surface area contributed by atoms with Crippen LogP contribution in [0.25, 0.3) is 21.3 Å². The molecule has 1 unspecified atom stereocenters. The van der Waals surface area contributed by atoms with Crippen LogP contribution in [0.15, 0.2) is 30.5 Å². The van der Waals surface area contributed by atoms with Gasteiger partial charge in [-0.3, -0.25) is 4.98 Å². The molecule has 0 aliphatic carbocycles. The smallest absolute Gasteiger partial charge is 0.410 e. The van der Waals surface area contributed by atoms with Crippen molar-refractivity contribution in [3.63, 3.8) is 0 Å². The lowest BCUT2D eigenvalue weighted by atomic mass is 9.90. The summed E-state index contributed by atoms with van der Waals surface area (Å²) < 4.78 is 6.64. The number of rotatable bonds is 3. The van der Waals surface area contributed by atoms with Crippen molar-refractivity contribution < 1.29 is 14.6 Å². The quantitative estimate of drug-likeness (QED) is 0.496. The standard InChI is InChI=1S/C28H32N4O3S/c1-17(33)24-14-23-26(36-24)21(7-9-30-23)22-13-18(15-29)12-19-6-5-10-32(25(19)22)20-8-11-31(16-20)27(34)35-28(2,3)4/h7,9,12-14,17,20,33H,5-6,8,10-11,16H2,1-4H3/t17-,20?/m1/s1. The molecule has 1 saturated heterocycles. The van der Waals surface area contributed by atoms with E-state index >= 15 is 0 Å². The number of anilines is 1. The molecule has 1 aromatic carbocycles. The Labute approximate surface area is 215 Å². The summed E-state index contributed by atoms with van der Waals surface area (Å²) in [5.74, 6) is 0. The van der Waals surface area contributed by atoms with Crippen LogP contribution in [-0.2, 0) is 11.2 Å². The van der Waals surface area contributed by atoms with E-state index in [0.717, 1.165) is 57.7 Å². The highest BCUT2D eigenvalue weighted by Gasteiger charge is 2.36. The second-order valence-corrected chi connectivity index (χ2v) is 11.8. The van der Waals surface area contributed by atoms with Gasteiger partial charge in [-0.15, -0.1) is 11.3 Å². The number of benzene rings is 1. The van der Waals surface area contributed by atoms with Crippen molar-refractivity contribution in [2.24, 2.45) is 0 Å². The third-order valence-electron chi connectivity index (χ3n) is 6.84. The maximum atomic E-state index is 12.7. The fourth-order valence-corrected chi connectivity index (χ4v) is 6.35. The van der Waals surface area contributed by atoms with Crippen LogP contribution < -0.4 is 4.90 Å². The number of nitrogens with zero attached hydrogens (tertiary/aromatic N) is 4. The summed E-state index contributed by atoms with van der Waals surface area (Å²) in [6.07, 6.45) is 3.76. The topological polar surface area (TPSA) is 89.7 Å². The number of carbonyl (C=O) groups is 1. The summed E-state index contributed by atoms with van der Waals surface area (Å²) in [5.41, 5.74) is 5.34. The number of aromatic nitrogens is 1. The Balaban J connectivity index is 1.57. The van der Waals surface area contributed by atoms with Gasteiger partial charge >= 0.3 is 6.09 Å². The number of likely N-dealkylation sites (tertiary alicyclic amines) is 1. The zero-order chi connectivity index (χ0) is 25.6. The molecule has 2 aliphatic heterocycles. The van der Waals surface area contributed by atoms with Crippen molar-refractivity contribution in [1.82, 2.24) is 9.88 Å². The molecule has 2 aliphatic rings. The predicted molar refractivity (Wildman–Crippen MR) is 142 cm³/mol. The fourth-order valence-electron chi connectivity index (χ4n) is 5.27. The third kappa shape index (κ3) is 4.65. The van der Waals surface area contributed by atoms with E-state index in [1.54, 1.807) is 24.5 Å². The molecule has 1 amide bonds. The molecule has 8 heteroatoms. The number of hydrogen-bond donors (Lipinski definition) is 1. The highest BCUT2D eigenvalue weighted by Crippen LogP contribution is 2.44. The van der Waals surface area contributed by atoms with Crippen LogP contribution in [0, 0.1) is 11.3 Å². The molecule has 4 heterocycles. The number of pyridine rings is 1. The summed E-state index contributed by atoms with van der Waals surface area (Å²) in [6.45, 7) is 9.62. The highest BCUT2D eigenvalue weighted by molar-refractivity contribution is 7.19. The lowest BCUT2D eigenvalue weighted by Gasteiger charge is -2.38. The van der Waals surface area contributed by atoms with Gasteiger partial charge in [0.15, 0.2) is 0 Å². The Morgan fingerprint density at radius 2 is 2.08 bits per heavy atom. The molecule has 2 aromatic heterocycles. The van der Waals surface area contributed by atoms with E-state index in [4.69, 9.17) is 4.74 Å². The number of nitriles is 1.